The summed E-state index contributed by atoms with van der Waals surface area (Å²) in [5.41, 5.74) is 1.53. The Kier molecular flexibility index (Phi) is 10.1. The first-order valence-corrected chi connectivity index (χ1v) is 13.5. The van der Waals surface area contributed by atoms with Gasteiger partial charge in [-0.05, 0) is 56.2 Å². The van der Waals surface area contributed by atoms with Gasteiger partial charge in [0.15, 0.2) is 0 Å². The van der Waals surface area contributed by atoms with Crippen LogP contribution in [-0.4, -0.2) is 75.9 Å². The molecule has 9 heteroatoms. The van der Waals surface area contributed by atoms with Crippen molar-refractivity contribution in [1.29, 1.82) is 0 Å². The van der Waals surface area contributed by atoms with E-state index in [1.165, 1.54) is 6.07 Å². The fourth-order valence-electron chi connectivity index (χ4n) is 5.27. The van der Waals surface area contributed by atoms with Crippen molar-refractivity contribution >= 4 is 17.3 Å². The summed E-state index contributed by atoms with van der Waals surface area (Å²) in [6.45, 7) is 5.76. The summed E-state index contributed by atoms with van der Waals surface area (Å²) in [6, 6.07) is 12.6. The van der Waals surface area contributed by atoms with Gasteiger partial charge in [-0.15, -0.1) is 0 Å². The first kappa shape index (κ1) is 28.0. The zero-order chi connectivity index (χ0) is 26.9. The van der Waals surface area contributed by atoms with Gasteiger partial charge in [-0.25, -0.2) is 4.39 Å². The van der Waals surface area contributed by atoms with E-state index >= 15 is 0 Å². The predicted octanol–water partition coefficient (Wildman–Crippen LogP) is 4.75. The lowest BCUT2D eigenvalue weighted by molar-refractivity contribution is -0.137. The number of halogens is 1. The van der Waals surface area contributed by atoms with Crippen LogP contribution in [0.1, 0.15) is 39.0 Å². The van der Waals surface area contributed by atoms with E-state index in [0.717, 1.165) is 30.7 Å². The first-order valence-electron chi connectivity index (χ1n) is 13.5. The van der Waals surface area contributed by atoms with Gasteiger partial charge in [0.2, 0.25) is 0 Å². The molecular formula is C29H39FN2O6. The van der Waals surface area contributed by atoms with Crippen LogP contribution in [0.25, 0.3) is 0 Å². The molecule has 2 aliphatic heterocycles. The molecular weight excluding hydrogens is 491 g/mol. The van der Waals surface area contributed by atoms with Gasteiger partial charge in [-0.1, -0.05) is 0 Å². The number of carbonyl (C=O) groups is 1. The van der Waals surface area contributed by atoms with E-state index < -0.39 is 5.97 Å². The minimum absolute atomic E-state index is 0.00335. The van der Waals surface area contributed by atoms with Crippen LogP contribution in [0.3, 0.4) is 0 Å². The van der Waals surface area contributed by atoms with E-state index in [1.807, 2.05) is 36.1 Å². The smallest absolute Gasteiger partial charge is 0.305 e. The third kappa shape index (κ3) is 7.51. The lowest BCUT2D eigenvalue weighted by atomic mass is 10.1. The number of methoxy groups -OCH3 is 1. The molecule has 2 aromatic carbocycles. The van der Waals surface area contributed by atoms with E-state index in [4.69, 9.17) is 18.9 Å². The van der Waals surface area contributed by atoms with Crippen molar-refractivity contribution in [1.82, 2.24) is 0 Å². The zero-order valence-electron chi connectivity index (χ0n) is 22.3. The summed E-state index contributed by atoms with van der Waals surface area (Å²) in [5.74, 6) is 0.401. The fourth-order valence-corrected chi connectivity index (χ4v) is 5.27. The average molecular weight is 531 g/mol. The molecule has 208 valence electrons. The Labute approximate surface area is 224 Å². The monoisotopic (exact) mass is 530 g/mol. The highest BCUT2D eigenvalue weighted by molar-refractivity contribution is 5.69. The van der Waals surface area contributed by atoms with Gasteiger partial charge in [0.25, 0.3) is 0 Å². The number of hydrogen-bond donors (Lipinski definition) is 1. The molecule has 0 unspecified atom stereocenters. The SMILES string of the molecule is CCOc1ccc(F)c(N2CCC(Oc3ccc(N4C[C@H](OCCCOC)C[C@@H]4CC(=O)O)cc3)CC2)c1. The number of ether oxygens (including phenoxy) is 4. The molecule has 4 rings (SSSR count). The maximum absolute atomic E-state index is 14.4. The number of carboxylic acid groups (broad SMARTS) is 1. The molecule has 38 heavy (non-hydrogen) atoms. The molecule has 0 amide bonds. The summed E-state index contributed by atoms with van der Waals surface area (Å²) in [5, 5.41) is 9.41. The van der Waals surface area contributed by atoms with Crippen molar-refractivity contribution < 1.29 is 33.2 Å². The summed E-state index contributed by atoms with van der Waals surface area (Å²) in [4.78, 5) is 15.6. The van der Waals surface area contributed by atoms with Crippen LogP contribution < -0.4 is 19.3 Å². The number of rotatable bonds is 13. The standard InChI is InChI=1S/C29H39FN2O6/c1-3-36-25-9-10-27(30)28(19-25)31-13-11-24(12-14-31)38-23-7-5-21(6-8-23)32-20-26(37-16-4-15-35-2)17-22(32)18-29(33)34/h5-10,19,22,24,26H,3-4,11-18,20H2,1-2H3,(H,33,34)/t22-,26-/m1/s1. The van der Waals surface area contributed by atoms with Gasteiger partial charge in [0.05, 0.1) is 24.8 Å². The van der Waals surface area contributed by atoms with Crippen molar-refractivity contribution in [2.24, 2.45) is 0 Å². The van der Waals surface area contributed by atoms with Gasteiger partial charge < -0.3 is 33.9 Å². The van der Waals surface area contributed by atoms with Crippen molar-refractivity contribution in [3.05, 3.63) is 48.3 Å². The van der Waals surface area contributed by atoms with E-state index in [-0.39, 0.29) is 30.5 Å². The number of carboxylic acids is 1. The second-order valence-corrected chi connectivity index (χ2v) is 9.82. The maximum Gasteiger partial charge on any atom is 0.305 e. The van der Waals surface area contributed by atoms with Crippen molar-refractivity contribution in [2.75, 3.05) is 56.4 Å². The molecule has 2 aromatic rings. The van der Waals surface area contributed by atoms with E-state index in [1.54, 1.807) is 19.2 Å². The maximum atomic E-state index is 14.4. The molecule has 0 aliphatic carbocycles. The topological polar surface area (TPSA) is 80.7 Å². The van der Waals surface area contributed by atoms with Crippen LogP contribution in [-0.2, 0) is 14.3 Å². The Balaban J connectivity index is 1.31. The van der Waals surface area contributed by atoms with Crippen LogP contribution in [0.15, 0.2) is 42.5 Å². The lowest BCUT2D eigenvalue weighted by Crippen LogP contribution is -2.38. The Hall–Kier alpha value is -3.04. The first-order chi connectivity index (χ1) is 18.5. The van der Waals surface area contributed by atoms with Gasteiger partial charge in [-0.3, -0.25) is 4.79 Å². The molecule has 0 spiro atoms. The highest BCUT2D eigenvalue weighted by atomic mass is 19.1. The molecule has 0 saturated carbocycles. The second-order valence-electron chi connectivity index (χ2n) is 9.82. The summed E-state index contributed by atoms with van der Waals surface area (Å²) in [7, 11) is 1.67. The zero-order valence-corrected chi connectivity index (χ0v) is 22.3. The molecule has 2 saturated heterocycles. The van der Waals surface area contributed by atoms with Crippen molar-refractivity contribution in [2.45, 2.75) is 57.3 Å². The van der Waals surface area contributed by atoms with Crippen molar-refractivity contribution in [3.63, 3.8) is 0 Å². The predicted molar refractivity (Wildman–Crippen MR) is 144 cm³/mol. The van der Waals surface area contributed by atoms with Gasteiger partial charge >= 0.3 is 5.97 Å². The van der Waals surface area contributed by atoms with Gasteiger partial charge in [0.1, 0.15) is 23.4 Å². The fraction of sp³-hybridized carbons (Fsp3) is 0.552. The highest BCUT2D eigenvalue weighted by Gasteiger charge is 2.34. The molecule has 2 aliphatic rings. The Morgan fingerprint density at radius 2 is 1.79 bits per heavy atom. The third-order valence-electron chi connectivity index (χ3n) is 7.12. The Morgan fingerprint density at radius 1 is 1.05 bits per heavy atom. The number of anilines is 2. The second kappa shape index (κ2) is 13.7. The minimum atomic E-state index is -0.809. The number of piperidine rings is 1. The molecule has 1 N–H and O–H groups in total. The molecule has 8 nitrogen and oxygen atoms in total. The number of nitrogens with zero attached hydrogens (tertiary/aromatic N) is 2. The van der Waals surface area contributed by atoms with E-state index in [9.17, 15) is 14.3 Å². The van der Waals surface area contributed by atoms with E-state index in [2.05, 4.69) is 4.90 Å². The highest BCUT2D eigenvalue weighted by Crippen LogP contribution is 2.32. The third-order valence-corrected chi connectivity index (χ3v) is 7.12. The lowest BCUT2D eigenvalue weighted by Gasteiger charge is -2.34. The molecule has 2 fully saturated rings. The average Bonchev–Trinajstić information content (AvgIpc) is 3.30. The van der Waals surface area contributed by atoms with Gasteiger partial charge in [-0.2, -0.15) is 0 Å². The van der Waals surface area contributed by atoms with Crippen LogP contribution >= 0.6 is 0 Å². The van der Waals surface area contributed by atoms with Crippen LogP contribution in [0.2, 0.25) is 0 Å². The van der Waals surface area contributed by atoms with Crippen LogP contribution in [0.4, 0.5) is 15.8 Å². The summed E-state index contributed by atoms with van der Waals surface area (Å²) < 4.78 is 37.3. The number of aliphatic carboxylic acids is 1. The summed E-state index contributed by atoms with van der Waals surface area (Å²) in [6.07, 6.45) is 3.19. The largest absolute Gasteiger partial charge is 0.494 e. The summed E-state index contributed by atoms with van der Waals surface area (Å²) >= 11 is 0. The van der Waals surface area contributed by atoms with Crippen LogP contribution in [0, 0.1) is 5.82 Å². The number of hydrogen-bond acceptors (Lipinski definition) is 7. The Morgan fingerprint density at radius 3 is 2.47 bits per heavy atom. The molecule has 2 heterocycles. The quantitative estimate of drug-likeness (QED) is 0.372. The van der Waals surface area contributed by atoms with Crippen molar-refractivity contribution in [3.8, 4) is 11.5 Å². The van der Waals surface area contributed by atoms with Gasteiger partial charge in [0, 0.05) is 70.6 Å². The molecule has 0 aromatic heterocycles. The normalized spacial score (nSPS) is 20.1. The molecule has 0 radical (unpaired) electrons. The number of benzene rings is 2. The Bertz CT molecular complexity index is 1030. The molecule has 2 atom stereocenters. The van der Waals surface area contributed by atoms with E-state index in [0.29, 0.717) is 57.3 Å². The minimum Gasteiger partial charge on any atom is -0.494 e. The van der Waals surface area contributed by atoms with Crippen LogP contribution in [0.5, 0.6) is 11.5 Å². The molecule has 0 bridgehead atoms.